The van der Waals surface area contributed by atoms with E-state index in [-0.39, 0.29) is 49.4 Å². The van der Waals surface area contributed by atoms with Gasteiger partial charge in [0.15, 0.2) is 31.5 Å². The molecule has 486 valence electrons. The molecule has 29 heteroatoms. The molecule has 1 spiro atoms. The van der Waals surface area contributed by atoms with E-state index in [2.05, 4.69) is 19.6 Å². The predicted octanol–water partition coefficient (Wildman–Crippen LogP) is -6.67. The first-order chi connectivity index (χ1) is 40.2. The lowest BCUT2D eigenvalue weighted by Crippen LogP contribution is -2.67. The van der Waals surface area contributed by atoms with Gasteiger partial charge in [-0.2, -0.15) is 0 Å². The predicted molar refractivity (Wildman–Crippen MR) is 278 cm³/mol. The Morgan fingerprint density at radius 2 is 1.20 bits per heavy atom. The van der Waals surface area contributed by atoms with Crippen LogP contribution in [-0.4, -0.2) is 304 Å². The molecule has 85 heavy (non-hydrogen) atoms. The van der Waals surface area contributed by atoms with Gasteiger partial charge in [-0.15, -0.1) is 0 Å². The third-order valence-electron chi connectivity index (χ3n) is 21.4. The molecule has 0 aromatic rings. The summed E-state index contributed by atoms with van der Waals surface area (Å²) in [5, 5.41) is 186. The van der Waals surface area contributed by atoms with E-state index in [0.717, 1.165) is 5.57 Å². The minimum Gasteiger partial charge on any atom is -0.394 e. The Kier molecular flexibility index (Phi) is 18.9. The van der Waals surface area contributed by atoms with E-state index in [1.807, 2.05) is 6.92 Å². The molecule has 11 aliphatic rings. The Bertz CT molecular complexity index is 2360. The van der Waals surface area contributed by atoms with Crippen molar-refractivity contribution in [2.45, 2.75) is 250 Å². The monoisotopic (exact) mass is 1220 g/mol. The molecule has 0 bridgehead atoms. The number of aliphatic hydroxyl groups is 17. The van der Waals surface area contributed by atoms with Crippen LogP contribution in [0.2, 0.25) is 0 Å². The topological polar surface area (TPSA) is 455 Å². The van der Waals surface area contributed by atoms with Crippen molar-refractivity contribution >= 4 is 0 Å². The molecule has 0 aromatic carbocycles. The standard InChI is InChI=1S/C56H88O29/c1-18-15-76-56(48(73)45(18)82-51-43(71)38(66)33(61)19(2)77-51)26(16-74-49-42(70)40(68)36(64)29(13-57)79-49)32-28(85-56)12-25-23-7-6-21-10-22(59)11-31(55(21,5)24(23)8-9-54(25,32)4)81-53-47(84-52-44(72)39(67)34(62)20(3)78-52)46(37(65)30(14-58)80-53)83-50-41(69)35(63)27(60)17-75-50/h6,19-20,22-53,57-73H,1,7-17H2,2-5H3. The van der Waals surface area contributed by atoms with Gasteiger partial charge in [0.05, 0.1) is 63.6 Å². The van der Waals surface area contributed by atoms with E-state index in [1.165, 1.54) is 13.8 Å². The van der Waals surface area contributed by atoms with Gasteiger partial charge in [-0.1, -0.05) is 32.1 Å². The maximum absolute atomic E-state index is 12.7. The highest BCUT2D eigenvalue weighted by Crippen LogP contribution is 2.71. The molecular weight excluding hydrogens is 1140 g/mol. The normalized spacial score (nSPS) is 57.1. The number of aliphatic hydroxyl groups excluding tert-OH is 17. The zero-order valence-corrected chi connectivity index (χ0v) is 47.7. The zero-order valence-electron chi connectivity index (χ0n) is 47.7. The fourth-order valence-electron chi connectivity index (χ4n) is 16.6. The minimum absolute atomic E-state index is 0.0296. The lowest BCUT2D eigenvalue weighted by molar-refractivity contribution is -0.393. The molecule has 11 rings (SSSR count). The van der Waals surface area contributed by atoms with E-state index in [9.17, 15) is 86.8 Å². The summed E-state index contributed by atoms with van der Waals surface area (Å²) in [6.07, 6.45) is -39.9. The van der Waals surface area contributed by atoms with Crippen LogP contribution in [0.4, 0.5) is 0 Å². The van der Waals surface area contributed by atoms with Crippen molar-refractivity contribution in [1.82, 2.24) is 0 Å². The molecule has 3 saturated carbocycles. The highest BCUT2D eigenvalue weighted by molar-refractivity contribution is 5.29. The molecule has 37 atom stereocenters. The maximum atomic E-state index is 12.7. The number of hydrogen-bond acceptors (Lipinski definition) is 29. The van der Waals surface area contributed by atoms with Crippen LogP contribution in [0.3, 0.4) is 0 Å². The van der Waals surface area contributed by atoms with Gasteiger partial charge in [0.1, 0.15) is 116 Å². The molecule has 29 nitrogen and oxygen atoms in total. The average Bonchev–Trinajstić information content (AvgIpc) is 1.91. The van der Waals surface area contributed by atoms with Gasteiger partial charge in [0.25, 0.3) is 0 Å². The van der Waals surface area contributed by atoms with Gasteiger partial charge in [-0.25, -0.2) is 0 Å². The van der Waals surface area contributed by atoms with Crippen LogP contribution >= 0.6 is 0 Å². The van der Waals surface area contributed by atoms with Crippen LogP contribution < -0.4 is 0 Å². The molecular formula is C56H88O29. The van der Waals surface area contributed by atoms with Crippen LogP contribution in [0, 0.1) is 40.4 Å². The maximum Gasteiger partial charge on any atom is 0.203 e. The van der Waals surface area contributed by atoms with Crippen LogP contribution in [0.1, 0.15) is 66.2 Å². The molecule has 0 amide bonds. The molecule has 7 aliphatic heterocycles. The van der Waals surface area contributed by atoms with Crippen molar-refractivity contribution in [2.75, 3.05) is 33.0 Å². The van der Waals surface area contributed by atoms with Gasteiger partial charge in [0, 0.05) is 23.7 Å². The summed E-state index contributed by atoms with van der Waals surface area (Å²) in [6, 6.07) is 0. The molecule has 0 aromatic heterocycles. The second-order valence-corrected chi connectivity index (χ2v) is 26.1. The van der Waals surface area contributed by atoms with Gasteiger partial charge >= 0.3 is 0 Å². The summed E-state index contributed by atoms with van der Waals surface area (Å²) in [4.78, 5) is 0. The smallest absolute Gasteiger partial charge is 0.203 e. The Hall–Kier alpha value is -1.68. The van der Waals surface area contributed by atoms with E-state index < -0.39 is 226 Å². The third-order valence-corrected chi connectivity index (χ3v) is 21.4. The Morgan fingerprint density at radius 1 is 0.612 bits per heavy atom. The Balaban J connectivity index is 0.901. The van der Waals surface area contributed by atoms with Gasteiger partial charge in [-0.3, -0.25) is 0 Å². The van der Waals surface area contributed by atoms with Gasteiger partial charge in [-0.05, 0) is 74.7 Å². The zero-order chi connectivity index (χ0) is 61.3. The Morgan fingerprint density at radius 3 is 1.86 bits per heavy atom. The van der Waals surface area contributed by atoms with E-state index in [4.69, 9.17) is 56.8 Å². The van der Waals surface area contributed by atoms with Gasteiger partial charge < -0.3 is 144 Å². The highest BCUT2D eigenvalue weighted by Gasteiger charge is 2.74. The number of rotatable bonds is 13. The molecule has 10 fully saturated rings. The second-order valence-electron chi connectivity index (χ2n) is 26.1. The SMILES string of the molecule is C=C1COC2(OC3CC4C5CC=C6CC(O)CC(OC7OC(CO)C(O)C(OC8OCC(O)C(O)C8O)C7OC7OC(C)C(O)C(O)C7O)C6(C)C5CCC4(C)C3C2COC2OC(CO)C(O)C(O)C2O)C(O)C1OC1OC(C)C(O)C(O)C1O. The molecule has 0 radical (unpaired) electrons. The number of hydrogen-bond donors (Lipinski definition) is 17. The van der Waals surface area contributed by atoms with Crippen molar-refractivity contribution in [2.24, 2.45) is 40.4 Å². The summed E-state index contributed by atoms with van der Waals surface area (Å²) in [7, 11) is 0. The van der Waals surface area contributed by atoms with Crippen molar-refractivity contribution < 1.29 is 144 Å². The minimum atomic E-state index is -1.95. The lowest BCUT2D eigenvalue weighted by atomic mass is 9.46. The summed E-state index contributed by atoms with van der Waals surface area (Å²) < 4.78 is 75.2. The van der Waals surface area contributed by atoms with Crippen molar-refractivity contribution in [3.8, 4) is 0 Å². The van der Waals surface area contributed by atoms with Crippen LogP contribution in [0.5, 0.6) is 0 Å². The Labute approximate surface area is 489 Å². The molecule has 37 unspecified atom stereocenters. The van der Waals surface area contributed by atoms with Crippen LogP contribution in [-0.2, 0) is 56.8 Å². The first kappa shape index (κ1) is 64.8. The second kappa shape index (κ2) is 24.7. The summed E-state index contributed by atoms with van der Waals surface area (Å²) in [5.41, 5.74) is -0.440. The largest absolute Gasteiger partial charge is 0.394 e. The van der Waals surface area contributed by atoms with E-state index in [1.54, 1.807) is 0 Å². The summed E-state index contributed by atoms with van der Waals surface area (Å²) in [6.45, 7) is 8.53. The molecule has 17 N–H and O–H groups in total. The first-order valence-electron chi connectivity index (χ1n) is 29.8. The number of ether oxygens (including phenoxy) is 12. The molecule has 7 saturated heterocycles. The van der Waals surface area contributed by atoms with Crippen molar-refractivity contribution in [3.05, 3.63) is 23.8 Å². The lowest BCUT2D eigenvalue weighted by Gasteiger charge is -2.61. The van der Waals surface area contributed by atoms with E-state index >= 15 is 0 Å². The third kappa shape index (κ3) is 10.9. The number of allylic oxidation sites excluding steroid dienone is 1. The number of fused-ring (bicyclic) bond motifs is 7. The molecule has 4 aliphatic carbocycles. The van der Waals surface area contributed by atoms with Crippen LogP contribution in [0.25, 0.3) is 0 Å². The first-order valence-corrected chi connectivity index (χ1v) is 29.8. The van der Waals surface area contributed by atoms with Crippen molar-refractivity contribution in [1.29, 1.82) is 0 Å². The quantitative estimate of drug-likeness (QED) is 0.0762. The summed E-state index contributed by atoms with van der Waals surface area (Å²) >= 11 is 0. The summed E-state index contributed by atoms with van der Waals surface area (Å²) in [5.74, 6) is -3.84. The van der Waals surface area contributed by atoms with Crippen LogP contribution in [0.15, 0.2) is 23.8 Å². The molecule has 7 heterocycles. The van der Waals surface area contributed by atoms with E-state index in [0.29, 0.717) is 25.7 Å². The highest BCUT2D eigenvalue weighted by atomic mass is 16.8. The fourth-order valence-corrected chi connectivity index (χ4v) is 16.6. The average molecular weight is 1230 g/mol. The fraction of sp³-hybridized carbons (Fsp3) is 0.929. The van der Waals surface area contributed by atoms with Crippen molar-refractivity contribution in [3.63, 3.8) is 0 Å². The van der Waals surface area contributed by atoms with Gasteiger partial charge in [0.2, 0.25) is 5.79 Å².